The molecule has 0 radical (unpaired) electrons. The summed E-state index contributed by atoms with van der Waals surface area (Å²) in [7, 11) is 0. The molecule has 166 valence electrons. The Morgan fingerprint density at radius 1 is 0.906 bits per heavy atom. The average molecular weight is 544 g/mol. The van der Waals surface area contributed by atoms with Crippen LogP contribution in [0.15, 0.2) is 66.7 Å². The molecule has 1 saturated heterocycles. The number of nitrogens with two attached hydrogens (primary N) is 1. The van der Waals surface area contributed by atoms with Crippen LogP contribution in [0.2, 0.25) is 0 Å². The molecule has 0 atom stereocenters. The first kappa shape index (κ1) is 22.7. The zero-order chi connectivity index (χ0) is 22.8. The van der Waals surface area contributed by atoms with E-state index in [1.807, 2.05) is 54.6 Å². The molecule has 0 aromatic heterocycles. The number of hydrogen-bond acceptors (Lipinski definition) is 4. The quantitative estimate of drug-likeness (QED) is 0.224. The second-order valence-electron chi connectivity index (χ2n) is 8.63. The second-order valence-corrected chi connectivity index (χ2v) is 11.3. The Bertz CT molecular complexity index is 1130. The van der Waals surface area contributed by atoms with Crippen molar-refractivity contribution in [2.75, 3.05) is 13.1 Å². The maximum atomic E-state index is 13.5. The molecular weight excluding hydrogens is 517 g/mol. The lowest BCUT2D eigenvalue weighted by molar-refractivity contribution is -0.668. The fourth-order valence-corrected chi connectivity index (χ4v) is 4.23. The number of piperidine rings is 1. The predicted molar refractivity (Wildman–Crippen MR) is 132 cm³/mol. The summed E-state index contributed by atoms with van der Waals surface area (Å²) in [6, 6.07) is 20.8. The Hall–Kier alpha value is -2.45. The molecule has 5 nitrogen and oxygen atoms in total. The largest absolute Gasteiger partial charge is 0.450 e. The minimum absolute atomic E-state index is 0.333. The van der Waals surface area contributed by atoms with Crippen LogP contribution in [-0.4, -0.2) is 28.4 Å². The van der Waals surface area contributed by atoms with Gasteiger partial charge in [0.1, 0.15) is 14.8 Å². The summed E-state index contributed by atoms with van der Waals surface area (Å²) in [5, 5.41) is 3.67. The zero-order valence-corrected chi connectivity index (χ0v) is 20.4. The normalized spacial score (nSPS) is 15.8. The van der Waals surface area contributed by atoms with Crippen molar-refractivity contribution in [1.29, 1.82) is 0 Å². The number of alkyl halides is 1. The van der Waals surface area contributed by atoms with Crippen LogP contribution in [0.25, 0.3) is 10.8 Å². The Morgan fingerprint density at radius 2 is 1.53 bits per heavy atom. The molecule has 3 aromatic carbocycles. The molecular formula is C26H27INO4+. The van der Waals surface area contributed by atoms with Gasteiger partial charge in [-0.1, -0.05) is 77.2 Å². The number of ether oxygens (including phenoxy) is 2. The van der Waals surface area contributed by atoms with Crippen LogP contribution in [0.1, 0.15) is 42.6 Å². The van der Waals surface area contributed by atoms with Gasteiger partial charge in [-0.05, 0) is 36.9 Å². The second kappa shape index (κ2) is 9.19. The van der Waals surface area contributed by atoms with Crippen molar-refractivity contribution >= 4 is 45.3 Å². The maximum Gasteiger partial charge on any atom is 0.339 e. The van der Waals surface area contributed by atoms with Gasteiger partial charge >= 0.3 is 11.9 Å². The fraction of sp³-hybridized carbons (Fsp3) is 0.308. The van der Waals surface area contributed by atoms with Crippen molar-refractivity contribution in [3.05, 3.63) is 77.9 Å². The maximum absolute atomic E-state index is 13.5. The van der Waals surface area contributed by atoms with E-state index in [2.05, 4.69) is 27.9 Å². The molecule has 3 aromatic rings. The van der Waals surface area contributed by atoms with Gasteiger partial charge < -0.3 is 14.8 Å². The van der Waals surface area contributed by atoms with Crippen LogP contribution >= 0.6 is 22.6 Å². The van der Waals surface area contributed by atoms with Crippen molar-refractivity contribution < 1.29 is 24.4 Å². The number of carbonyl (C=O) groups is 2. The van der Waals surface area contributed by atoms with Crippen LogP contribution in [0.5, 0.6) is 5.75 Å². The number of carbonyl (C=O) groups excluding carboxylic acids is 2. The van der Waals surface area contributed by atoms with Gasteiger partial charge in [-0.2, -0.15) is 0 Å². The molecule has 0 amide bonds. The molecule has 6 heteroatoms. The van der Waals surface area contributed by atoms with Crippen LogP contribution < -0.4 is 10.1 Å². The third kappa shape index (κ3) is 4.66. The first-order chi connectivity index (χ1) is 15.3. The highest BCUT2D eigenvalue weighted by Gasteiger charge is 2.40. The summed E-state index contributed by atoms with van der Waals surface area (Å²) in [6.07, 6.45) is 1.53. The predicted octanol–water partition coefficient (Wildman–Crippen LogP) is 4.37. The molecule has 1 fully saturated rings. The molecule has 1 heterocycles. The highest BCUT2D eigenvalue weighted by Crippen LogP contribution is 2.36. The summed E-state index contributed by atoms with van der Waals surface area (Å²) < 4.78 is 11.3. The highest BCUT2D eigenvalue weighted by molar-refractivity contribution is 14.1. The van der Waals surface area contributed by atoms with Crippen LogP contribution in [0.4, 0.5) is 0 Å². The van der Waals surface area contributed by atoms with E-state index in [1.54, 1.807) is 26.0 Å². The Labute approximate surface area is 201 Å². The lowest BCUT2D eigenvalue weighted by Gasteiger charge is -2.36. The molecule has 0 saturated carbocycles. The number of benzene rings is 3. The third-order valence-electron chi connectivity index (χ3n) is 5.88. The van der Waals surface area contributed by atoms with Crippen molar-refractivity contribution in [2.24, 2.45) is 0 Å². The summed E-state index contributed by atoms with van der Waals surface area (Å²) >= 11 is 2.06. The number of rotatable bonds is 5. The molecule has 4 rings (SSSR count). The molecule has 0 bridgehead atoms. The standard InChI is InChI=1S/C26H26INO4/c1-25(2,27)24(30)31-22-13-12-21(19-10-6-7-11-20(19)22)23(29)32-26(14-16-28-17-15-26)18-8-4-3-5-9-18/h3-13,28H,14-17H2,1-2H3/p+1. The molecule has 1 aliphatic rings. The number of fused-ring (bicyclic) bond motifs is 1. The van der Waals surface area contributed by atoms with Gasteiger partial charge in [-0.15, -0.1) is 0 Å². The minimum Gasteiger partial charge on any atom is -0.450 e. The SMILES string of the molecule is CC(C)(I)C(=O)Oc1ccc(C(=O)OC2(c3ccccc3)CC[NH2+]CC2)c2ccccc12. The van der Waals surface area contributed by atoms with E-state index in [4.69, 9.17) is 9.47 Å². The van der Waals surface area contributed by atoms with E-state index in [1.165, 1.54) is 0 Å². The number of quaternary nitrogens is 1. The summed E-state index contributed by atoms with van der Waals surface area (Å²) in [4.78, 5) is 25.9. The van der Waals surface area contributed by atoms with E-state index < -0.39 is 9.02 Å². The average Bonchev–Trinajstić information content (AvgIpc) is 2.79. The van der Waals surface area contributed by atoms with Crippen LogP contribution in [0.3, 0.4) is 0 Å². The van der Waals surface area contributed by atoms with Gasteiger partial charge in [0.2, 0.25) is 0 Å². The minimum atomic E-state index is -0.656. The molecule has 2 N–H and O–H groups in total. The fourth-order valence-electron chi connectivity index (χ4n) is 4.12. The van der Waals surface area contributed by atoms with E-state index in [-0.39, 0.29) is 11.9 Å². The van der Waals surface area contributed by atoms with Gasteiger partial charge in [0.25, 0.3) is 0 Å². The van der Waals surface area contributed by atoms with Gasteiger partial charge in [-0.3, -0.25) is 4.79 Å². The number of halogens is 1. The molecule has 0 unspecified atom stereocenters. The van der Waals surface area contributed by atoms with Crippen molar-refractivity contribution in [3.8, 4) is 5.75 Å². The van der Waals surface area contributed by atoms with E-state index in [0.717, 1.165) is 31.5 Å². The van der Waals surface area contributed by atoms with Gasteiger partial charge in [0, 0.05) is 18.2 Å². The summed E-state index contributed by atoms with van der Waals surface area (Å²) in [5.41, 5.74) is 0.865. The Kier molecular flexibility index (Phi) is 6.53. The monoisotopic (exact) mass is 544 g/mol. The highest BCUT2D eigenvalue weighted by atomic mass is 127. The van der Waals surface area contributed by atoms with Gasteiger partial charge in [-0.25, -0.2) is 4.79 Å². The smallest absolute Gasteiger partial charge is 0.339 e. The topological polar surface area (TPSA) is 69.2 Å². The van der Waals surface area contributed by atoms with Crippen LogP contribution in [0, 0.1) is 0 Å². The molecule has 0 aliphatic carbocycles. The van der Waals surface area contributed by atoms with E-state index >= 15 is 0 Å². The zero-order valence-electron chi connectivity index (χ0n) is 18.3. The summed E-state index contributed by atoms with van der Waals surface area (Å²) in [5.74, 6) is -0.254. The first-order valence-electron chi connectivity index (χ1n) is 10.8. The first-order valence-corrected chi connectivity index (χ1v) is 11.9. The van der Waals surface area contributed by atoms with Crippen molar-refractivity contribution in [1.82, 2.24) is 0 Å². The van der Waals surface area contributed by atoms with Gasteiger partial charge in [0.05, 0.1) is 18.7 Å². The van der Waals surface area contributed by atoms with Crippen molar-refractivity contribution in [3.63, 3.8) is 0 Å². The van der Waals surface area contributed by atoms with Gasteiger partial charge in [0.15, 0.2) is 0 Å². The molecule has 32 heavy (non-hydrogen) atoms. The Balaban J connectivity index is 1.70. The number of esters is 2. The van der Waals surface area contributed by atoms with E-state index in [9.17, 15) is 9.59 Å². The van der Waals surface area contributed by atoms with E-state index in [0.29, 0.717) is 22.1 Å². The van der Waals surface area contributed by atoms with Crippen LogP contribution in [-0.2, 0) is 15.1 Å². The third-order valence-corrected chi connectivity index (χ3v) is 6.32. The van der Waals surface area contributed by atoms with Crippen molar-refractivity contribution in [2.45, 2.75) is 35.7 Å². The molecule has 0 spiro atoms. The lowest BCUT2D eigenvalue weighted by atomic mass is 9.84. The number of hydrogen-bond donors (Lipinski definition) is 1. The Morgan fingerprint density at radius 3 is 2.19 bits per heavy atom. The lowest BCUT2D eigenvalue weighted by Crippen LogP contribution is -2.87. The molecule has 1 aliphatic heterocycles. The summed E-state index contributed by atoms with van der Waals surface area (Å²) in [6.45, 7) is 5.41.